The first-order chi connectivity index (χ1) is 11.9. The lowest BCUT2D eigenvalue weighted by Crippen LogP contribution is -2.51. The Labute approximate surface area is 146 Å². The fraction of sp³-hybridized carbons (Fsp3) is 0.455. The van der Waals surface area contributed by atoms with Crippen LogP contribution in [0.3, 0.4) is 0 Å². The SMILES string of the molecule is c1ccc(CCN2CCN(C3CCc4ccccc4C3)CC2)cc1. The van der Waals surface area contributed by atoms with Gasteiger partial charge in [0.05, 0.1) is 0 Å². The number of nitrogens with zero attached hydrogens (tertiary/aromatic N) is 2. The van der Waals surface area contributed by atoms with Crippen molar-refractivity contribution >= 4 is 0 Å². The monoisotopic (exact) mass is 320 g/mol. The Balaban J connectivity index is 1.26. The third kappa shape index (κ3) is 3.71. The molecule has 2 aromatic carbocycles. The molecule has 2 aromatic rings. The summed E-state index contributed by atoms with van der Waals surface area (Å²) < 4.78 is 0. The molecule has 0 aromatic heterocycles. The molecule has 0 bridgehead atoms. The van der Waals surface area contributed by atoms with Gasteiger partial charge in [-0.15, -0.1) is 0 Å². The zero-order chi connectivity index (χ0) is 16.2. The lowest BCUT2D eigenvalue weighted by molar-refractivity contribution is 0.0902. The predicted molar refractivity (Wildman–Crippen MR) is 100 cm³/mol. The first kappa shape index (κ1) is 15.9. The van der Waals surface area contributed by atoms with Crippen molar-refractivity contribution in [3.8, 4) is 0 Å². The molecule has 2 aliphatic rings. The molecule has 1 atom stereocenters. The highest BCUT2D eigenvalue weighted by molar-refractivity contribution is 5.30. The summed E-state index contributed by atoms with van der Waals surface area (Å²) >= 11 is 0. The number of fused-ring (bicyclic) bond motifs is 1. The molecule has 1 fully saturated rings. The summed E-state index contributed by atoms with van der Waals surface area (Å²) in [7, 11) is 0. The zero-order valence-corrected chi connectivity index (χ0v) is 14.5. The van der Waals surface area contributed by atoms with Crippen LogP contribution in [0.2, 0.25) is 0 Å². The quantitative estimate of drug-likeness (QED) is 0.852. The molecule has 2 heteroatoms. The lowest BCUT2D eigenvalue weighted by Gasteiger charge is -2.41. The Morgan fingerprint density at radius 2 is 1.50 bits per heavy atom. The average Bonchev–Trinajstić information content (AvgIpc) is 2.67. The van der Waals surface area contributed by atoms with Crippen LogP contribution < -0.4 is 0 Å². The fourth-order valence-electron chi connectivity index (χ4n) is 4.27. The number of piperazine rings is 1. The molecule has 1 aliphatic carbocycles. The molecule has 0 spiro atoms. The molecule has 1 unspecified atom stereocenters. The minimum Gasteiger partial charge on any atom is -0.300 e. The minimum atomic E-state index is 0.760. The molecule has 4 rings (SSSR count). The van der Waals surface area contributed by atoms with E-state index in [2.05, 4.69) is 64.4 Å². The summed E-state index contributed by atoms with van der Waals surface area (Å²) in [4.78, 5) is 5.38. The second kappa shape index (κ2) is 7.50. The van der Waals surface area contributed by atoms with Crippen molar-refractivity contribution in [3.05, 3.63) is 71.3 Å². The highest BCUT2D eigenvalue weighted by Gasteiger charge is 2.26. The second-order valence-corrected chi connectivity index (χ2v) is 7.28. The van der Waals surface area contributed by atoms with Gasteiger partial charge in [-0.25, -0.2) is 0 Å². The van der Waals surface area contributed by atoms with E-state index in [1.807, 2.05) is 0 Å². The van der Waals surface area contributed by atoms with Crippen molar-refractivity contribution in [2.45, 2.75) is 31.7 Å². The number of benzene rings is 2. The van der Waals surface area contributed by atoms with Crippen LogP contribution in [-0.2, 0) is 19.3 Å². The third-order valence-electron chi connectivity index (χ3n) is 5.80. The van der Waals surface area contributed by atoms with Crippen LogP contribution in [0.25, 0.3) is 0 Å². The van der Waals surface area contributed by atoms with Gasteiger partial charge in [-0.2, -0.15) is 0 Å². The Bertz CT molecular complexity index is 644. The molecule has 0 amide bonds. The summed E-state index contributed by atoms with van der Waals surface area (Å²) in [5.41, 5.74) is 4.62. The van der Waals surface area contributed by atoms with E-state index >= 15 is 0 Å². The normalized spacial score (nSPS) is 22.2. The van der Waals surface area contributed by atoms with Gasteiger partial charge in [-0.1, -0.05) is 54.6 Å². The second-order valence-electron chi connectivity index (χ2n) is 7.28. The first-order valence-electron chi connectivity index (χ1n) is 9.45. The standard InChI is InChI=1S/C22H28N2/c1-2-6-19(7-3-1)12-13-23-14-16-24(17-15-23)22-11-10-20-8-4-5-9-21(20)18-22/h1-9,22H,10-18H2. The Kier molecular flexibility index (Phi) is 4.96. The van der Waals surface area contributed by atoms with Crippen molar-refractivity contribution < 1.29 is 0 Å². The van der Waals surface area contributed by atoms with E-state index in [4.69, 9.17) is 0 Å². The fourth-order valence-corrected chi connectivity index (χ4v) is 4.27. The van der Waals surface area contributed by atoms with Gasteiger partial charge < -0.3 is 4.90 Å². The van der Waals surface area contributed by atoms with Crippen LogP contribution >= 0.6 is 0 Å². The molecule has 126 valence electrons. The molecular formula is C22H28N2. The van der Waals surface area contributed by atoms with E-state index < -0.39 is 0 Å². The van der Waals surface area contributed by atoms with Crippen molar-refractivity contribution in [2.24, 2.45) is 0 Å². The Morgan fingerprint density at radius 3 is 2.29 bits per heavy atom. The van der Waals surface area contributed by atoms with Gasteiger partial charge in [0, 0.05) is 38.8 Å². The minimum absolute atomic E-state index is 0.760. The molecule has 2 nitrogen and oxygen atoms in total. The van der Waals surface area contributed by atoms with Gasteiger partial charge in [-0.05, 0) is 42.4 Å². The topological polar surface area (TPSA) is 6.48 Å². The molecule has 1 heterocycles. The summed E-state index contributed by atoms with van der Waals surface area (Å²) in [6.07, 6.45) is 5.02. The van der Waals surface area contributed by atoms with Gasteiger partial charge in [0.25, 0.3) is 0 Å². The molecule has 0 saturated carbocycles. The van der Waals surface area contributed by atoms with Crippen molar-refractivity contribution in [2.75, 3.05) is 32.7 Å². The summed E-state index contributed by atoms with van der Waals surface area (Å²) in [6, 6.07) is 20.7. The highest BCUT2D eigenvalue weighted by Crippen LogP contribution is 2.25. The van der Waals surface area contributed by atoms with Crippen LogP contribution in [0, 0.1) is 0 Å². The molecular weight excluding hydrogens is 292 g/mol. The highest BCUT2D eigenvalue weighted by atomic mass is 15.3. The van der Waals surface area contributed by atoms with Gasteiger partial charge in [-0.3, -0.25) is 4.90 Å². The summed E-state index contributed by atoms with van der Waals surface area (Å²) in [5, 5.41) is 0. The summed E-state index contributed by atoms with van der Waals surface area (Å²) in [6.45, 7) is 6.13. The first-order valence-corrected chi connectivity index (χ1v) is 9.45. The Hall–Kier alpha value is -1.64. The number of hydrogen-bond donors (Lipinski definition) is 0. The maximum Gasteiger partial charge on any atom is 0.0140 e. The van der Waals surface area contributed by atoms with Crippen LogP contribution in [0.15, 0.2) is 54.6 Å². The van der Waals surface area contributed by atoms with Gasteiger partial charge in [0.2, 0.25) is 0 Å². The van der Waals surface area contributed by atoms with E-state index in [1.54, 1.807) is 11.1 Å². The van der Waals surface area contributed by atoms with Crippen LogP contribution in [0.5, 0.6) is 0 Å². The third-order valence-corrected chi connectivity index (χ3v) is 5.80. The average molecular weight is 320 g/mol. The number of rotatable bonds is 4. The largest absolute Gasteiger partial charge is 0.300 e. The molecule has 1 aliphatic heterocycles. The van der Waals surface area contributed by atoms with E-state index in [0.717, 1.165) is 6.04 Å². The smallest absolute Gasteiger partial charge is 0.0140 e. The van der Waals surface area contributed by atoms with Crippen molar-refractivity contribution in [3.63, 3.8) is 0 Å². The molecule has 0 radical (unpaired) electrons. The maximum atomic E-state index is 2.74. The van der Waals surface area contributed by atoms with E-state index in [-0.39, 0.29) is 0 Å². The zero-order valence-electron chi connectivity index (χ0n) is 14.5. The number of hydrogen-bond acceptors (Lipinski definition) is 2. The van der Waals surface area contributed by atoms with Gasteiger partial charge in [0.15, 0.2) is 0 Å². The summed E-state index contributed by atoms with van der Waals surface area (Å²) in [5.74, 6) is 0. The van der Waals surface area contributed by atoms with E-state index in [9.17, 15) is 0 Å². The lowest BCUT2D eigenvalue weighted by atomic mass is 9.87. The van der Waals surface area contributed by atoms with E-state index in [0.29, 0.717) is 0 Å². The van der Waals surface area contributed by atoms with Crippen molar-refractivity contribution in [1.29, 1.82) is 0 Å². The molecule has 1 saturated heterocycles. The van der Waals surface area contributed by atoms with Crippen molar-refractivity contribution in [1.82, 2.24) is 9.80 Å². The van der Waals surface area contributed by atoms with Crippen LogP contribution in [0.4, 0.5) is 0 Å². The predicted octanol–water partition coefficient (Wildman–Crippen LogP) is 3.40. The molecule has 0 N–H and O–H groups in total. The van der Waals surface area contributed by atoms with Gasteiger partial charge >= 0.3 is 0 Å². The molecule has 24 heavy (non-hydrogen) atoms. The van der Waals surface area contributed by atoms with Crippen LogP contribution in [-0.4, -0.2) is 48.6 Å². The maximum absolute atomic E-state index is 2.74. The Morgan fingerprint density at radius 1 is 0.792 bits per heavy atom. The van der Waals surface area contributed by atoms with Crippen LogP contribution in [0.1, 0.15) is 23.1 Å². The number of aryl methyl sites for hydroxylation is 1. The van der Waals surface area contributed by atoms with E-state index in [1.165, 1.54) is 64.0 Å². The van der Waals surface area contributed by atoms with Gasteiger partial charge in [0.1, 0.15) is 0 Å².